The van der Waals surface area contributed by atoms with Gasteiger partial charge in [-0.15, -0.1) is 0 Å². The number of hydrogen-bond donors (Lipinski definition) is 2. The summed E-state index contributed by atoms with van der Waals surface area (Å²) in [5.74, 6) is -0.187. The van der Waals surface area contributed by atoms with Crippen LogP contribution in [0.1, 0.15) is 24.2 Å². The van der Waals surface area contributed by atoms with E-state index in [1.165, 1.54) is 21.3 Å². The van der Waals surface area contributed by atoms with E-state index in [0.29, 0.717) is 25.2 Å². The lowest BCUT2D eigenvalue weighted by atomic mass is 10.2. The maximum absolute atomic E-state index is 12.3. The molecule has 0 aromatic heterocycles. The monoisotopic (exact) mass is 328 g/mol. The molecule has 0 aliphatic carbocycles. The second-order valence-electron chi connectivity index (χ2n) is 5.33. The molecule has 0 unspecified atom stereocenters. The summed E-state index contributed by atoms with van der Waals surface area (Å²) in [6.07, 6.45) is 0. The third-order valence-electron chi connectivity index (χ3n) is 3.37. The third-order valence-corrected chi connectivity index (χ3v) is 5.43. The standard InChI is InChI=1S/C15H25N3O3S/c1-5-18(6-2)22(20,21)14-9-7-13(8-10-14)15(19)16-11-12-17(3)4/h7-10H,5-6,11-12H2,1-4H3,(H,16,19)/p+1. The Morgan fingerprint density at radius 2 is 1.68 bits per heavy atom. The molecule has 1 rings (SSSR count). The van der Waals surface area contributed by atoms with Gasteiger partial charge in [0.1, 0.15) is 0 Å². The predicted molar refractivity (Wildman–Crippen MR) is 86.6 cm³/mol. The molecule has 6 nitrogen and oxygen atoms in total. The lowest BCUT2D eigenvalue weighted by Gasteiger charge is -2.18. The molecule has 0 spiro atoms. The molecule has 1 aromatic carbocycles. The quantitative estimate of drug-likeness (QED) is 0.682. The van der Waals surface area contributed by atoms with Crippen molar-refractivity contribution < 1.29 is 18.1 Å². The minimum Gasteiger partial charge on any atom is -0.346 e. The predicted octanol–water partition coefficient (Wildman–Crippen LogP) is -0.409. The van der Waals surface area contributed by atoms with E-state index in [9.17, 15) is 13.2 Å². The Bertz CT molecular complexity index is 579. The molecule has 0 saturated heterocycles. The number of carbonyl (C=O) groups is 1. The van der Waals surface area contributed by atoms with E-state index >= 15 is 0 Å². The molecular formula is C15H26N3O3S+. The number of sulfonamides is 1. The summed E-state index contributed by atoms with van der Waals surface area (Å²) in [7, 11) is 0.552. The molecule has 0 atom stereocenters. The van der Waals surface area contributed by atoms with Crippen molar-refractivity contribution >= 4 is 15.9 Å². The first-order valence-electron chi connectivity index (χ1n) is 7.50. The van der Waals surface area contributed by atoms with Gasteiger partial charge in [-0.05, 0) is 24.3 Å². The zero-order valence-corrected chi connectivity index (χ0v) is 14.5. The van der Waals surface area contributed by atoms with Crippen LogP contribution in [0.4, 0.5) is 0 Å². The van der Waals surface area contributed by atoms with Gasteiger partial charge < -0.3 is 10.2 Å². The fraction of sp³-hybridized carbons (Fsp3) is 0.533. The van der Waals surface area contributed by atoms with E-state index < -0.39 is 10.0 Å². The van der Waals surface area contributed by atoms with Crippen LogP contribution >= 0.6 is 0 Å². The Morgan fingerprint density at radius 3 is 2.14 bits per heavy atom. The van der Waals surface area contributed by atoms with Crippen molar-refractivity contribution in [1.29, 1.82) is 0 Å². The highest BCUT2D eigenvalue weighted by molar-refractivity contribution is 7.89. The van der Waals surface area contributed by atoms with Crippen molar-refractivity contribution in [1.82, 2.24) is 9.62 Å². The molecule has 0 heterocycles. The number of hydrogen-bond acceptors (Lipinski definition) is 3. The molecule has 124 valence electrons. The lowest BCUT2D eigenvalue weighted by Crippen LogP contribution is -3.06. The molecule has 0 bridgehead atoms. The summed E-state index contributed by atoms with van der Waals surface area (Å²) >= 11 is 0. The Hall–Kier alpha value is -1.44. The normalized spacial score (nSPS) is 11.9. The average Bonchev–Trinajstić information content (AvgIpc) is 2.48. The fourth-order valence-corrected chi connectivity index (χ4v) is 3.48. The first-order valence-corrected chi connectivity index (χ1v) is 8.94. The average molecular weight is 328 g/mol. The number of nitrogens with one attached hydrogen (secondary N) is 2. The van der Waals surface area contributed by atoms with Gasteiger partial charge in [0.2, 0.25) is 10.0 Å². The zero-order chi connectivity index (χ0) is 16.8. The van der Waals surface area contributed by atoms with Crippen LogP contribution in [-0.2, 0) is 10.0 Å². The summed E-state index contributed by atoms with van der Waals surface area (Å²) in [6.45, 7) is 5.87. The highest BCUT2D eigenvalue weighted by Gasteiger charge is 2.21. The minimum absolute atomic E-state index is 0.187. The van der Waals surface area contributed by atoms with Gasteiger partial charge in [-0.25, -0.2) is 8.42 Å². The van der Waals surface area contributed by atoms with Crippen LogP contribution in [0.2, 0.25) is 0 Å². The highest BCUT2D eigenvalue weighted by atomic mass is 32.2. The summed E-state index contributed by atoms with van der Waals surface area (Å²) in [4.78, 5) is 13.4. The Morgan fingerprint density at radius 1 is 1.14 bits per heavy atom. The van der Waals surface area contributed by atoms with Crippen LogP contribution in [0.25, 0.3) is 0 Å². The van der Waals surface area contributed by atoms with Crippen molar-refractivity contribution in [3.05, 3.63) is 29.8 Å². The van der Waals surface area contributed by atoms with Gasteiger partial charge in [-0.2, -0.15) is 4.31 Å². The van der Waals surface area contributed by atoms with Crippen LogP contribution < -0.4 is 10.2 Å². The van der Waals surface area contributed by atoms with E-state index in [2.05, 4.69) is 5.32 Å². The topological polar surface area (TPSA) is 70.9 Å². The highest BCUT2D eigenvalue weighted by Crippen LogP contribution is 2.16. The van der Waals surface area contributed by atoms with Crippen LogP contribution in [0.15, 0.2) is 29.2 Å². The van der Waals surface area contributed by atoms with Crippen molar-refractivity contribution in [3.63, 3.8) is 0 Å². The smallest absolute Gasteiger partial charge is 0.251 e. The van der Waals surface area contributed by atoms with Crippen LogP contribution in [0, 0.1) is 0 Å². The maximum Gasteiger partial charge on any atom is 0.251 e. The van der Waals surface area contributed by atoms with E-state index in [-0.39, 0.29) is 10.8 Å². The number of benzene rings is 1. The van der Waals surface area contributed by atoms with Gasteiger partial charge in [0, 0.05) is 18.7 Å². The lowest BCUT2D eigenvalue weighted by molar-refractivity contribution is -0.856. The minimum atomic E-state index is -3.47. The molecule has 22 heavy (non-hydrogen) atoms. The maximum atomic E-state index is 12.3. The Kier molecular flexibility index (Phi) is 6.99. The number of nitrogens with zero attached hydrogens (tertiary/aromatic N) is 1. The molecule has 0 aliphatic rings. The summed E-state index contributed by atoms with van der Waals surface area (Å²) in [5.41, 5.74) is 0.465. The number of amides is 1. The second-order valence-corrected chi connectivity index (χ2v) is 7.26. The fourth-order valence-electron chi connectivity index (χ4n) is 2.02. The first kappa shape index (κ1) is 18.6. The van der Waals surface area contributed by atoms with Gasteiger partial charge >= 0.3 is 0 Å². The molecule has 1 amide bonds. The molecule has 2 N–H and O–H groups in total. The molecule has 0 saturated carbocycles. The van der Waals surface area contributed by atoms with Crippen LogP contribution in [0.3, 0.4) is 0 Å². The van der Waals surface area contributed by atoms with Gasteiger partial charge in [0.25, 0.3) is 5.91 Å². The second kappa shape index (κ2) is 8.26. The van der Waals surface area contributed by atoms with E-state index in [1.807, 2.05) is 14.1 Å². The van der Waals surface area contributed by atoms with E-state index in [4.69, 9.17) is 0 Å². The molecule has 1 aromatic rings. The van der Waals surface area contributed by atoms with Crippen LogP contribution in [0.5, 0.6) is 0 Å². The molecular weight excluding hydrogens is 302 g/mol. The van der Waals surface area contributed by atoms with Gasteiger partial charge in [0.05, 0.1) is 32.1 Å². The number of likely N-dealkylation sites (N-methyl/N-ethyl adjacent to an activating group) is 1. The number of carbonyl (C=O) groups excluding carboxylic acids is 1. The van der Waals surface area contributed by atoms with Gasteiger partial charge in [-0.1, -0.05) is 13.8 Å². The zero-order valence-electron chi connectivity index (χ0n) is 13.7. The Balaban J connectivity index is 2.80. The van der Waals surface area contributed by atoms with Gasteiger partial charge in [-0.3, -0.25) is 4.79 Å². The van der Waals surface area contributed by atoms with Gasteiger partial charge in [0.15, 0.2) is 0 Å². The number of rotatable bonds is 8. The number of quaternary nitrogens is 1. The van der Waals surface area contributed by atoms with Crippen molar-refractivity contribution in [2.75, 3.05) is 40.3 Å². The van der Waals surface area contributed by atoms with Crippen molar-refractivity contribution in [2.24, 2.45) is 0 Å². The summed E-state index contributed by atoms with van der Waals surface area (Å²) in [6, 6.07) is 6.07. The Labute approximate surface area is 133 Å². The largest absolute Gasteiger partial charge is 0.346 e. The molecule has 0 fully saturated rings. The molecule has 7 heteroatoms. The third kappa shape index (κ3) is 4.79. The van der Waals surface area contributed by atoms with E-state index in [0.717, 1.165) is 6.54 Å². The molecule has 0 radical (unpaired) electrons. The summed E-state index contributed by atoms with van der Waals surface area (Å²) < 4.78 is 26.1. The SMILES string of the molecule is CCN(CC)S(=O)(=O)c1ccc(C(=O)NCC[NH+](C)C)cc1. The summed E-state index contributed by atoms with van der Waals surface area (Å²) in [5, 5.41) is 2.81. The van der Waals surface area contributed by atoms with Crippen LogP contribution in [-0.4, -0.2) is 58.9 Å². The van der Waals surface area contributed by atoms with Crippen molar-refractivity contribution in [2.45, 2.75) is 18.7 Å². The van der Waals surface area contributed by atoms with Crippen molar-refractivity contribution in [3.8, 4) is 0 Å². The molecule has 0 aliphatic heterocycles. The van der Waals surface area contributed by atoms with E-state index in [1.54, 1.807) is 26.0 Å². The first-order chi connectivity index (χ1) is 10.3.